The highest BCUT2D eigenvalue weighted by atomic mass is 79.9. The van der Waals surface area contributed by atoms with Crippen molar-refractivity contribution in [1.29, 1.82) is 0 Å². The molecule has 5 nitrogen and oxygen atoms in total. The van der Waals surface area contributed by atoms with Gasteiger partial charge in [-0.1, -0.05) is 35.7 Å². The number of benzene rings is 1. The highest BCUT2D eigenvalue weighted by molar-refractivity contribution is 9.10. The van der Waals surface area contributed by atoms with E-state index in [4.69, 9.17) is 10.5 Å². The van der Waals surface area contributed by atoms with E-state index in [0.717, 1.165) is 29.3 Å². The van der Waals surface area contributed by atoms with Crippen LogP contribution in [0.15, 0.2) is 21.5 Å². The molecule has 0 heterocycles. The minimum atomic E-state index is -3.67. The number of methoxy groups -OCH3 is 1. The maximum Gasteiger partial charge on any atom is 0.244 e. The summed E-state index contributed by atoms with van der Waals surface area (Å²) >= 11 is 3.35. The minimum Gasteiger partial charge on any atom is -0.495 e. The molecule has 0 saturated carbocycles. The first kappa shape index (κ1) is 21.7. The number of aryl methyl sites for hydroxylation is 1. The van der Waals surface area contributed by atoms with Crippen molar-refractivity contribution in [2.45, 2.75) is 44.0 Å². The second kappa shape index (κ2) is 9.72. The molecule has 1 rings (SSSR count). The molecule has 0 aliphatic carbocycles. The normalized spacial score (nSPS) is 12.6. The van der Waals surface area contributed by atoms with Gasteiger partial charge in [-0.15, -0.1) is 12.4 Å². The second-order valence-electron chi connectivity index (χ2n) is 4.95. The van der Waals surface area contributed by atoms with Crippen LogP contribution >= 0.6 is 28.3 Å². The molecule has 0 radical (unpaired) electrons. The number of hydrogen-bond donors (Lipinski definition) is 2. The van der Waals surface area contributed by atoms with Gasteiger partial charge in [0.25, 0.3) is 0 Å². The standard InChI is InChI=1S/C14H23BrN2O3S.ClH/c1-4-5-6-11(9-16)17-21(18,19)14-8-12(15)10(2)7-13(14)20-3;/h7-8,11,17H,4-6,9,16H2,1-3H3;1H. The zero-order valence-corrected chi connectivity index (χ0v) is 16.3. The molecule has 1 aromatic rings. The first-order chi connectivity index (χ1) is 9.85. The third-order valence-electron chi connectivity index (χ3n) is 3.25. The van der Waals surface area contributed by atoms with Crippen LogP contribution in [0.5, 0.6) is 5.75 Å². The Morgan fingerprint density at radius 2 is 2.05 bits per heavy atom. The van der Waals surface area contributed by atoms with Gasteiger partial charge in [0.2, 0.25) is 10.0 Å². The van der Waals surface area contributed by atoms with E-state index in [1.54, 1.807) is 12.1 Å². The largest absolute Gasteiger partial charge is 0.495 e. The summed E-state index contributed by atoms with van der Waals surface area (Å²) < 4.78 is 33.7. The SMILES string of the molecule is CCCCC(CN)NS(=O)(=O)c1cc(Br)c(C)cc1OC.Cl. The molecule has 1 unspecified atom stereocenters. The van der Waals surface area contributed by atoms with E-state index in [2.05, 4.69) is 27.6 Å². The lowest BCUT2D eigenvalue weighted by molar-refractivity contribution is 0.401. The summed E-state index contributed by atoms with van der Waals surface area (Å²) in [7, 11) is -2.21. The minimum absolute atomic E-state index is 0. The van der Waals surface area contributed by atoms with Crippen LogP contribution < -0.4 is 15.2 Å². The monoisotopic (exact) mass is 414 g/mol. The van der Waals surface area contributed by atoms with Crippen molar-refractivity contribution in [1.82, 2.24) is 4.72 Å². The molecule has 0 aromatic heterocycles. The third kappa shape index (κ3) is 5.70. The molecule has 0 spiro atoms. The highest BCUT2D eigenvalue weighted by Gasteiger charge is 2.23. The average Bonchev–Trinajstić information content (AvgIpc) is 2.45. The van der Waals surface area contributed by atoms with Crippen molar-refractivity contribution in [3.05, 3.63) is 22.2 Å². The average molecular weight is 416 g/mol. The molecule has 0 saturated heterocycles. The lowest BCUT2D eigenvalue weighted by atomic mass is 10.1. The van der Waals surface area contributed by atoms with E-state index in [-0.39, 0.29) is 29.9 Å². The fourth-order valence-corrected chi connectivity index (χ4v) is 3.92. The molecule has 1 atom stereocenters. The van der Waals surface area contributed by atoms with Gasteiger partial charge >= 0.3 is 0 Å². The van der Waals surface area contributed by atoms with Crippen LogP contribution in [-0.2, 0) is 10.0 Å². The Balaban J connectivity index is 0.00000441. The Kier molecular flexibility index (Phi) is 9.57. The van der Waals surface area contributed by atoms with E-state index in [0.29, 0.717) is 5.75 Å². The molecular weight excluding hydrogens is 392 g/mol. The molecule has 0 fully saturated rings. The predicted molar refractivity (Wildman–Crippen MR) is 95.4 cm³/mol. The van der Waals surface area contributed by atoms with E-state index in [1.807, 2.05) is 6.92 Å². The fourth-order valence-electron chi connectivity index (χ4n) is 1.96. The molecule has 0 aliphatic heterocycles. The Morgan fingerprint density at radius 1 is 1.41 bits per heavy atom. The number of ether oxygens (including phenoxy) is 1. The summed E-state index contributed by atoms with van der Waals surface area (Å²) in [5, 5.41) is 0. The molecule has 1 aromatic carbocycles. The van der Waals surface area contributed by atoms with Gasteiger partial charge in [-0.3, -0.25) is 0 Å². The Bertz CT molecular complexity index is 582. The van der Waals surface area contributed by atoms with E-state index >= 15 is 0 Å². The van der Waals surface area contributed by atoms with Crippen LogP contribution in [0, 0.1) is 6.92 Å². The topological polar surface area (TPSA) is 81.4 Å². The number of rotatable bonds is 8. The smallest absolute Gasteiger partial charge is 0.244 e. The first-order valence-electron chi connectivity index (χ1n) is 6.92. The van der Waals surface area contributed by atoms with Crippen LogP contribution in [0.25, 0.3) is 0 Å². The van der Waals surface area contributed by atoms with Gasteiger partial charge in [-0.05, 0) is 31.0 Å². The van der Waals surface area contributed by atoms with Crippen LogP contribution in [0.1, 0.15) is 31.7 Å². The van der Waals surface area contributed by atoms with E-state index < -0.39 is 10.0 Å². The van der Waals surface area contributed by atoms with Crippen molar-refractivity contribution in [2.75, 3.05) is 13.7 Å². The number of unbranched alkanes of at least 4 members (excludes halogenated alkanes) is 1. The zero-order chi connectivity index (χ0) is 16.0. The van der Waals surface area contributed by atoms with Gasteiger partial charge < -0.3 is 10.5 Å². The van der Waals surface area contributed by atoms with Crippen molar-refractivity contribution < 1.29 is 13.2 Å². The summed E-state index contributed by atoms with van der Waals surface area (Å²) in [4.78, 5) is 0.123. The van der Waals surface area contributed by atoms with Crippen molar-refractivity contribution in [2.24, 2.45) is 5.73 Å². The summed E-state index contributed by atoms with van der Waals surface area (Å²) in [6.45, 7) is 4.21. The van der Waals surface area contributed by atoms with Crippen molar-refractivity contribution >= 4 is 38.4 Å². The first-order valence-corrected chi connectivity index (χ1v) is 9.19. The molecule has 0 bridgehead atoms. The second-order valence-corrected chi connectivity index (χ2v) is 7.49. The van der Waals surface area contributed by atoms with Gasteiger partial charge in [0.1, 0.15) is 10.6 Å². The quantitative estimate of drug-likeness (QED) is 0.684. The molecule has 3 N–H and O–H groups in total. The number of nitrogens with one attached hydrogen (secondary N) is 1. The number of hydrogen-bond acceptors (Lipinski definition) is 4. The maximum atomic E-state index is 12.5. The van der Waals surface area contributed by atoms with E-state index in [9.17, 15) is 8.42 Å². The molecule has 8 heteroatoms. The van der Waals surface area contributed by atoms with Gasteiger partial charge in [-0.2, -0.15) is 0 Å². The molecular formula is C14H24BrClN2O3S. The predicted octanol–water partition coefficient (Wildman–Crippen LogP) is 2.98. The fraction of sp³-hybridized carbons (Fsp3) is 0.571. The summed E-state index contributed by atoms with van der Waals surface area (Å²) in [6.07, 6.45) is 2.65. The van der Waals surface area contributed by atoms with Gasteiger partial charge in [0.05, 0.1) is 7.11 Å². The number of halogens is 2. The maximum absolute atomic E-state index is 12.5. The van der Waals surface area contributed by atoms with Gasteiger partial charge in [-0.25, -0.2) is 13.1 Å². The van der Waals surface area contributed by atoms with E-state index in [1.165, 1.54) is 7.11 Å². The summed E-state index contributed by atoms with van der Waals surface area (Å²) in [5.41, 5.74) is 6.57. The van der Waals surface area contributed by atoms with Crippen molar-refractivity contribution in [3.8, 4) is 5.75 Å². The Labute approximate surface area is 147 Å². The molecule has 0 amide bonds. The van der Waals surface area contributed by atoms with Crippen LogP contribution in [0.4, 0.5) is 0 Å². The Morgan fingerprint density at radius 3 is 2.55 bits per heavy atom. The number of sulfonamides is 1. The lowest BCUT2D eigenvalue weighted by Crippen LogP contribution is -2.40. The summed E-state index contributed by atoms with van der Waals surface area (Å²) in [6, 6.07) is 2.99. The lowest BCUT2D eigenvalue weighted by Gasteiger charge is -2.18. The molecule has 0 aliphatic rings. The molecule has 22 heavy (non-hydrogen) atoms. The van der Waals surface area contributed by atoms with Gasteiger partial charge in [0.15, 0.2) is 0 Å². The zero-order valence-electron chi connectivity index (χ0n) is 13.1. The highest BCUT2D eigenvalue weighted by Crippen LogP contribution is 2.30. The van der Waals surface area contributed by atoms with Crippen molar-refractivity contribution in [3.63, 3.8) is 0 Å². The Hall–Kier alpha value is -0.340. The summed E-state index contributed by atoms with van der Waals surface area (Å²) in [5.74, 6) is 0.328. The molecule has 128 valence electrons. The number of nitrogens with two attached hydrogens (primary N) is 1. The van der Waals surface area contributed by atoms with Crippen LogP contribution in [0.2, 0.25) is 0 Å². The van der Waals surface area contributed by atoms with Crippen LogP contribution in [0.3, 0.4) is 0 Å². The third-order valence-corrected chi connectivity index (χ3v) is 5.64. The van der Waals surface area contributed by atoms with Gasteiger partial charge in [0, 0.05) is 17.1 Å². The van der Waals surface area contributed by atoms with Crippen LogP contribution in [-0.4, -0.2) is 28.1 Å².